The van der Waals surface area contributed by atoms with Crippen molar-refractivity contribution >= 4 is 11.9 Å². The third-order valence-corrected chi connectivity index (χ3v) is 2.73. The standard InChI is InChI=1S/C14H21N3O3/c1-10(9-20-3)16-12(11-7-5-4-6-8-11)13(18)17-14(19)15-2/h4-8,10,12,16H,9H2,1-3H3,(H2,15,17,18,19)/t10-,12+/m1/s1. The van der Waals surface area contributed by atoms with Crippen molar-refractivity contribution in [3.8, 4) is 0 Å². The first-order valence-electron chi connectivity index (χ1n) is 6.41. The second-order valence-corrected chi connectivity index (χ2v) is 4.44. The van der Waals surface area contributed by atoms with Crippen LogP contribution in [0.5, 0.6) is 0 Å². The summed E-state index contributed by atoms with van der Waals surface area (Å²) in [6.45, 7) is 2.38. The van der Waals surface area contributed by atoms with Crippen molar-refractivity contribution in [1.82, 2.24) is 16.0 Å². The Kier molecular flexibility index (Phi) is 6.69. The fourth-order valence-corrected chi connectivity index (χ4v) is 1.80. The highest BCUT2D eigenvalue weighted by Gasteiger charge is 2.23. The molecule has 110 valence electrons. The number of ether oxygens (including phenoxy) is 1. The first-order chi connectivity index (χ1) is 9.58. The van der Waals surface area contributed by atoms with Crippen LogP contribution in [0.15, 0.2) is 30.3 Å². The Balaban J connectivity index is 2.84. The molecule has 0 aliphatic heterocycles. The SMILES string of the molecule is CNC(=O)NC(=O)[C@@H](N[C@H](C)COC)c1ccccc1. The Morgan fingerprint density at radius 3 is 2.45 bits per heavy atom. The Morgan fingerprint density at radius 1 is 1.25 bits per heavy atom. The van der Waals surface area contributed by atoms with Gasteiger partial charge in [-0.2, -0.15) is 0 Å². The van der Waals surface area contributed by atoms with Crippen LogP contribution < -0.4 is 16.0 Å². The van der Waals surface area contributed by atoms with E-state index in [9.17, 15) is 9.59 Å². The molecule has 0 heterocycles. The van der Waals surface area contributed by atoms with Gasteiger partial charge in [0, 0.05) is 20.2 Å². The molecule has 0 saturated heterocycles. The minimum Gasteiger partial charge on any atom is -0.383 e. The maximum atomic E-state index is 12.2. The lowest BCUT2D eigenvalue weighted by atomic mass is 10.1. The zero-order chi connectivity index (χ0) is 15.0. The molecule has 1 aromatic carbocycles. The van der Waals surface area contributed by atoms with Crippen molar-refractivity contribution in [3.63, 3.8) is 0 Å². The largest absolute Gasteiger partial charge is 0.383 e. The van der Waals surface area contributed by atoms with E-state index in [1.54, 1.807) is 7.11 Å². The van der Waals surface area contributed by atoms with Crippen molar-refractivity contribution in [1.29, 1.82) is 0 Å². The average molecular weight is 279 g/mol. The molecule has 0 saturated carbocycles. The van der Waals surface area contributed by atoms with Crippen LogP contribution >= 0.6 is 0 Å². The molecule has 0 aliphatic rings. The number of benzene rings is 1. The average Bonchev–Trinajstić information content (AvgIpc) is 2.45. The molecule has 0 radical (unpaired) electrons. The molecule has 2 atom stereocenters. The molecule has 3 N–H and O–H groups in total. The zero-order valence-corrected chi connectivity index (χ0v) is 12.0. The highest BCUT2D eigenvalue weighted by molar-refractivity contribution is 5.97. The van der Waals surface area contributed by atoms with Gasteiger partial charge in [0.15, 0.2) is 0 Å². The molecule has 1 rings (SSSR count). The Hall–Kier alpha value is -1.92. The number of hydrogen-bond acceptors (Lipinski definition) is 4. The zero-order valence-electron chi connectivity index (χ0n) is 12.0. The van der Waals surface area contributed by atoms with E-state index in [4.69, 9.17) is 4.74 Å². The predicted molar refractivity (Wildman–Crippen MR) is 76.3 cm³/mol. The summed E-state index contributed by atoms with van der Waals surface area (Å²) in [7, 11) is 3.06. The van der Waals surface area contributed by atoms with Crippen LogP contribution in [-0.2, 0) is 9.53 Å². The van der Waals surface area contributed by atoms with Crippen LogP contribution in [0.3, 0.4) is 0 Å². The van der Waals surface area contributed by atoms with Gasteiger partial charge in [0.05, 0.1) is 6.61 Å². The van der Waals surface area contributed by atoms with Gasteiger partial charge in [-0.1, -0.05) is 30.3 Å². The lowest BCUT2D eigenvalue weighted by molar-refractivity contribution is -0.122. The van der Waals surface area contributed by atoms with Gasteiger partial charge in [0.1, 0.15) is 6.04 Å². The third kappa shape index (κ3) is 4.99. The number of hydrogen-bond donors (Lipinski definition) is 3. The number of carbonyl (C=O) groups is 2. The van der Waals surface area contributed by atoms with E-state index in [1.165, 1.54) is 7.05 Å². The Bertz CT molecular complexity index is 437. The molecule has 0 aliphatic carbocycles. The fraction of sp³-hybridized carbons (Fsp3) is 0.429. The lowest BCUT2D eigenvalue weighted by Gasteiger charge is -2.22. The van der Waals surface area contributed by atoms with E-state index in [0.29, 0.717) is 6.61 Å². The number of methoxy groups -OCH3 is 1. The molecule has 1 aromatic rings. The highest BCUT2D eigenvalue weighted by Crippen LogP contribution is 2.13. The highest BCUT2D eigenvalue weighted by atomic mass is 16.5. The number of carbonyl (C=O) groups excluding carboxylic acids is 2. The molecular weight excluding hydrogens is 258 g/mol. The first kappa shape index (κ1) is 16.1. The monoisotopic (exact) mass is 279 g/mol. The molecule has 0 unspecified atom stereocenters. The molecule has 6 heteroatoms. The van der Waals surface area contributed by atoms with Gasteiger partial charge in [-0.05, 0) is 12.5 Å². The Labute approximate surface area is 118 Å². The van der Waals surface area contributed by atoms with Crippen LogP contribution in [0, 0.1) is 0 Å². The van der Waals surface area contributed by atoms with Gasteiger partial charge in [-0.25, -0.2) is 4.79 Å². The van der Waals surface area contributed by atoms with E-state index >= 15 is 0 Å². The summed E-state index contributed by atoms with van der Waals surface area (Å²) in [4.78, 5) is 23.5. The third-order valence-electron chi connectivity index (χ3n) is 2.73. The smallest absolute Gasteiger partial charge is 0.321 e. The van der Waals surface area contributed by atoms with Crippen LogP contribution in [0.1, 0.15) is 18.5 Å². The molecule has 3 amide bonds. The lowest BCUT2D eigenvalue weighted by Crippen LogP contribution is -2.46. The first-order valence-corrected chi connectivity index (χ1v) is 6.41. The fourth-order valence-electron chi connectivity index (χ4n) is 1.80. The van der Waals surface area contributed by atoms with E-state index in [-0.39, 0.29) is 6.04 Å². The second kappa shape index (κ2) is 8.29. The van der Waals surface area contributed by atoms with Crippen LogP contribution in [0.2, 0.25) is 0 Å². The maximum absolute atomic E-state index is 12.2. The molecule has 0 aromatic heterocycles. The van der Waals surface area contributed by atoms with Crippen LogP contribution in [-0.4, -0.2) is 38.7 Å². The number of nitrogens with one attached hydrogen (secondary N) is 3. The second-order valence-electron chi connectivity index (χ2n) is 4.44. The van der Waals surface area contributed by atoms with Gasteiger partial charge < -0.3 is 10.1 Å². The van der Waals surface area contributed by atoms with E-state index < -0.39 is 18.0 Å². The van der Waals surface area contributed by atoms with E-state index in [1.807, 2.05) is 37.3 Å². The molecule has 0 bridgehead atoms. The molecule has 20 heavy (non-hydrogen) atoms. The molecule has 0 spiro atoms. The van der Waals surface area contributed by atoms with Crippen LogP contribution in [0.25, 0.3) is 0 Å². The van der Waals surface area contributed by atoms with Gasteiger partial charge in [-0.15, -0.1) is 0 Å². The quantitative estimate of drug-likeness (QED) is 0.720. The van der Waals surface area contributed by atoms with Gasteiger partial charge in [0.25, 0.3) is 0 Å². The van der Waals surface area contributed by atoms with Crippen molar-refractivity contribution in [3.05, 3.63) is 35.9 Å². The summed E-state index contributed by atoms with van der Waals surface area (Å²) in [6, 6.07) is 8.06. The molecule has 0 fully saturated rings. The van der Waals surface area contributed by atoms with Gasteiger partial charge in [-0.3, -0.25) is 15.4 Å². The summed E-state index contributed by atoms with van der Waals surface area (Å²) in [5.74, 6) is -0.404. The Morgan fingerprint density at radius 2 is 1.90 bits per heavy atom. The van der Waals surface area contributed by atoms with Crippen molar-refractivity contribution in [2.75, 3.05) is 20.8 Å². The van der Waals surface area contributed by atoms with Crippen LogP contribution in [0.4, 0.5) is 4.79 Å². The summed E-state index contributed by atoms with van der Waals surface area (Å²) < 4.78 is 5.05. The normalized spacial score (nSPS) is 13.3. The summed E-state index contributed by atoms with van der Waals surface area (Å²) in [6.07, 6.45) is 0. The van der Waals surface area contributed by atoms with Gasteiger partial charge in [0.2, 0.25) is 5.91 Å². The van der Waals surface area contributed by atoms with E-state index in [2.05, 4.69) is 16.0 Å². The van der Waals surface area contributed by atoms with Crippen molar-refractivity contribution in [2.45, 2.75) is 19.0 Å². The number of urea groups is 1. The molecule has 6 nitrogen and oxygen atoms in total. The summed E-state index contributed by atoms with van der Waals surface area (Å²) >= 11 is 0. The predicted octanol–water partition coefficient (Wildman–Crippen LogP) is 0.808. The number of amides is 3. The van der Waals surface area contributed by atoms with Crippen molar-refractivity contribution < 1.29 is 14.3 Å². The maximum Gasteiger partial charge on any atom is 0.321 e. The summed E-state index contributed by atoms with van der Waals surface area (Å²) in [5.41, 5.74) is 0.789. The van der Waals surface area contributed by atoms with Crippen molar-refractivity contribution in [2.24, 2.45) is 0 Å². The van der Waals surface area contributed by atoms with Gasteiger partial charge >= 0.3 is 6.03 Å². The minimum atomic E-state index is -0.612. The number of rotatable bonds is 6. The molecular formula is C14H21N3O3. The number of imide groups is 1. The topological polar surface area (TPSA) is 79.5 Å². The minimum absolute atomic E-state index is 0.0272. The summed E-state index contributed by atoms with van der Waals surface area (Å²) in [5, 5.41) is 7.79. The van der Waals surface area contributed by atoms with E-state index in [0.717, 1.165) is 5.56 Å².